The van der Waals surface area contributed by atoms with Crippen LogP contribution in [0.15, 0.2) is 73.1 Å². The van der Waals surface area contributed by atoms with E-state index in [9.17, 15) is 4.79 Å². The van der Waals surface area contributed by atoms with E-state index in [0.717, 1.165) is 29.9 Å². The minimum Gasteiger partial charge on any atom is -0.497 e. The molecule has 37 heavy (non-hydrogen) atoms. The number of aromatic nitrogens is 3. The Morgan fingerprint density at radius 3 is 2.70 bits per heavy atom. The molecule has 5 rings (SSSR count). The highest BCUT2D eigenvalue weighted by Gasteiger charge is 2.25. The van der Waals surface area contributed by atoms with Crippen LogP contribution < -0.4 is 24.4 Å². The van der Waals surface area contributed by atoms with Gasteiger partial charge in [0.2, 0.25) is 11.8 Å². The number of fused-ring (bicyclic) bond motifs is 1. The number of methoxy groups -OCH3 is 2. The van der Waals surface area contributed by atoms with Gasteiger partial charge in [-0.05, 0) is 48.4 Å². The molecule has 0 fully saturated rings. The Hall–Kier alpha value is -4.66. The molecule has 2 aromatic carbocycles. The number of carbonyl (C=O) groups excluding carboxylic acids is 1. The number of anilines is 2. The number of hydrogen-bond acceptors (Lipinski definition) is 8. The Labute approximate surface area is 215 Å². The highest BCUT2D eigenvalue weighted by molar-refractivity contribution is 5.96. The molecule has 0 aliphatic carbocycles. The van der Waals surface area contributed by atoms with E-state index in [4.69, 9.17) is 14.2 Å². The van der Waals surface area contributed by atoms with Gasteiger partial charge in [0.1, 0.15) is 23.7 Å². The van der Waals surface area contributed by atoms with E-state index in [1.807, 2.05) is 59.5 Å². The lowest BCUT2D eigenvalue weighted by Crippen LogP contribution is -2.25. The van der Waals surface area contributed by atoms with Crippen LogP contribution in [-0.2, 0) is 19.6 Å². The van der Waals surface area contributed by atoms with E-state index in [2.05, 4.69) is 26.3 Å². The number of nitrogens with one attached hydrogen (secondary N) is 1. The van der Waals surface area contributed by atoms with Gasteiger partial charge in [-0.1, -0.05) is 24.3 Å². The standard InChI is InChI=1S/C28H27N5O4/c1-35-22-10-11-25(36-2)20(15-22)18-37-27-23(26(34)30-16-21-8-5-6-13-29-21)17-31-28(32-27)33-14-12-19-7-3-4-9-24(19)33/h3-11,13,15,17H,12,14,16,18H2,1-2H3,(H,30,34). The van der Waals surface area contributed by atoms with E-state index in [1.54, 1.807) is 20.4 Å². The van der Waals surface area contributed by atoms with Crippen LogP contribution in [0, 0.1) is 0 Å². The predicted molar refractivity (Wildman–Crippen MR) is 138 cm³/mol. The summed E-state index contributed by atoms with van der Waals surface area (Å²) in [5.41, 5.74) is 4.01. The fourth-order valence-electron chi connectivity index (χ4n) is 4.21. The van der Waals surface area contributed by atoms with Crippen LogP contribution in [-0.4, -0.2) is 41.6 Å². The Morgan fingerprint density at radius 2 is 1.89 bits per heavy atom. The second-order valence-electron chi connectivity index (χ2n) is 8.39. The Kier molecular flexibility index (Phi) is 7.12. The fraction of sp³-hybridized carbons (Fsp3) is 0.214. The summed E-state index contributed by atoms with van der Waals surface area (Å²) in [5.74, 6) is 1.61. The summed E-state index contributed by atoms with van der Waals surface area (Å²) < 4.78 is 17.0. The van der Waals surface area contributed by atoms with Crippen LogP contribution in [0.1, 0.15) is 27.2 Å². The number of amides is 1. The first-order valence-electron chi connectivity index (χ1n) is 11.9. The molecular formula is C28H27N5O4. The number of nitrogens with zero attached hydrogens (tertiary/aromatic N) is 4. The zero-order valence-corrected chi connectivity index (χ0v) is 20.7. The SMILES string of the molecule is COc1ccc(OC)c(COc2nc(N3CCc4ccccc43)ncc2C(=O)NCc2ccccn2)c1. The lowest BCUT2D eigenvalue weighted by molar-refractivity contribution is 0.0944. The van der Waals surface area contributed by atoms with Crippen LogP contribution in [0.5, 0.6) is 17.4 Å². The molecule has 0 radical (unpaired) electrons. The minimum absolute atomic E-state index is 0.119. The number of carbonyl (C=O) groups is 1. The van der Waals surface area contributed by atoms with Crippen molar-refractivity contribution in [3.05, 3.63) is 95.4 Å². The van der Waals surface area contributed by atoms with Crippen molar-refractivity contribution in [1.82, 2.24) is 20.3 Å². The zero-order valence-electron chi connectivity index (χ0n) is 20.7. The van der Waals surface area contributed by atoms with Gasteiger partial charge in [-0.25, -0.2) is 4.98 Å². The average molecular weight is 498 g/mol. The van der Waals surface area contributed by atoms with E-state index >= 15 is 0 Å². The van der Waals surface area contributed by atoms with Crippen LogP contribution in [0.2, 0.25) is 0 Å². The molecule has 1 N–H and O–H groups in total. The van der Waals surface area contributed by atoms with Gasteiger partial charge in [0.05, 0.1) is 26.5 Å². The van der Waals surface area contributed by atoms with Gasteiger partial charge < -0.3 is 24.4 Å². The second-order valence-corrected chi connectivity index (χ2v) is 8.39. The number of hydrogen-bond donors (Lipinski definition) is 1. The van der Waals surface area contributed by atoms with Crippen LogP contribution in [0.3, 0.4) is 0 Å². The van der Waals surface area contributed by atoms with E-state index in [1.165, 1.54) is 11.8 Å². The first kappa shape index (κ1) is 24.1. The Morgan fingerprint density at radius 1 is 1.03 bits per heavy atom. The van der Waals surface area contributed by atoms with Crippen molar-refractivity contribution in [2.75, 3.05) is 25.7 Å². The quantitative estimate of drug-likeness (QED) is 0.369. The Bertz CT molecular complexity index is 1400. The lowest BCUT2D eigenvalue weighted by Gasteiger charge is -2.19. The van der Waals surface area contributed by atoms with Gasteiger partial charge in [0.15, 0.2) is 0 Å². The first-order chi connectivity index (χ1) is 18.2. The third-order valence-corrected chi connectivity index (χ3v) is 6.12. The topological polar surface area (TPSA) is 98.7 Å². The molecule has 1 aliphatic heterocycles. The largest absolute Gasteiger partial charge is 0.497 e. The lowest BCUT2D eigenvalue weighted by atomic mass is 10.2. The van der Waals surface area contributed by atoms with Crippen LogP contribution >= 0.6 is 0 Å². The normalized spacial score (nSPS) is 12.1. The monoisotopic (exact) mass is 497 g/mol. The van der Waals surface area contributed by atoms with Crippen molar-refractivity contribution in [2.24, 2.45) is 0 Å². The number of para-hydroxylation sites is 1. The smallest absolute Gasteiger partial charge is 0.258 e. The third kappa shape index (κ3) is 5.30. The first-order valence-corrected chi connectivity index (χ1v) is 11.9. The Balaban J connectivity index is 1.44. The van der Waals surface area contributed by atoms with E-state index < -0.39 is 0 Å². The maximum atomic E-state index is 13.1. The predicted octanol–water partition coefficient (Wildman–Crippen LogP) is 4.09. The number of ether oxygens (including phenoxy) is 3. The maximum absolute atomic E-state index is 13.1. The van der Waals surface area contributed by atoms with E-state index in [0.29, 0.717) is 17.4 Å². The molecule has 4 aromatic rings. The summed E-state index contributed by atoms with van der Waals surface area (Å²) in [7, 11) is 3.19. The number of benzene rings is 2. The maximum Gasteiger partial charge on any atom is 0.258 e. The summed E-state index contributed by atoms with van der Waals surface area (Å²) in [4.78, 5) is 28.6. The third-order valence-electron chi connectivity index (χ3n) is 6.12. The molecule has 0 atom stereocenters. The summed E-state index contributed by atoms with van der Waals surface area (Å²) in [5, 5.41) is 2.88. The van der Waals surface area contributed by atoms with Crippen LogP contribution in [0.4, 0.5) is 11.6 Å². The average Bonchev–Trinajstić information content (AvgIpc) is 3.39. The zero-order chi connectivity index (χ0) is 25.6. The number of pyridine rings is 1. The molecule has 2 aromatic heterocycles. The van der Waals surface area contributed by atoms with Crippen molar-refractivity contribution in [3.8, 4) is 17.4 Å². The minimum atomic E-state index is -0.355. The molecule has 0 saturated carbocycles. The molecule has 0 saturated heterocycles. The summed E-state index contributed by atoms with van der Waals surface area (Å²) >= 11 is 0. The molecule has 188 valence electrons. The van der Waals surface area contributed by atoms with Gasteiger partial charge in [-0.15, -0.1) is 0 Å². The highest BCUT2D eigenvalue weighted by atomic mass is 16.5. The number of rotatable bonds is 9. The molecule has 0 bridgehead atoms. The van der Waals surface area contributed by atoms with E-state index in [-0.39, 0.29) is 30.5 Å². The van der Waals surface area contributed by atoms with Gasteiger partial charge in [0, 0.05) is 30.2 Å². The molecule has 1 amide bonds. The van der Waals surface area contributed by atoms with Gasteiger partial charge in [-0.3, -0.25) is 9.78 Å². The molecular weight excluding hydrogens is 470 g/mol. The van der Waals surface area contributed by atoms with Crippen molar-refractivity contribution in [3.63, 3.8) is 0 Å². The highest BCUT2D eigenvalue weighted by Crippen LogP contribution is 2.34. The van der Waals surface area contributed by atoms with Crippen molar-refractivity contribution < 1.29 is 19.0 Å². The van der Waals surface area contributed by atoms with Crippen LogP contribution in [0.25, 0.3) is 0 Å². The summed E-state index contributed by atoms with van der Waals surface area (Å²) in [6.45, 7) is 1.13. The molecule has 9 nitrogen and oxygen atoms in total. The molecule has 0 unspecified atom stereocenters. The summed E-state index contributed by atoms with van der Waals surface area (Å²) in [6.07, 6.45) is 4.08. The summed E-state index contributed by atoms with van der Waals surface area (Å²) in [6, 6.07) is 19.1. The molecule has 0 spiro atoms. The molecule has 3 heterocycles. The van der Waals surface area contributed by atoms with Crippen molar-refractivity contribution in [1.29, 1.82) is 0 Å². The molecule has 9 heteroatoms. The fourth-order valence-corrected chi connectivity index (χ4v) is 4.21. The molecule has 1 aliphatic rings. The van der Waals surface area contributed by atoms with Crippen molar-refractivity contribution >= 4 is 17.5 Å². The van der Waals surface area contributed by atoms with Crippen molar-refractivity contribution in [2.45, 2.75) is 19.6 Å². The van der Waals surface area contributed by atoms with Gasteiger partial charge >= 0.3 is 0 Å². The van der Waals surface area contributed by atoms with Gasteiger partial charge in [0.25, 0.3) is 5.91 Å². The second kappa shape index (κ2) is 10.9. The van der Waals surface area contributed by atoms with Gasteiger partial charge in [-0.2, -0.15) is 4.98 Å².